The Morgan fingerprint density at radius 1 is 1.22 bits per heavy atom. The first-order valence-electron chi connectivity index (χ1n) is 12.4. The number of ether oxygens (including phenoxy) is 1. The van der Waals surface area contributed by atoms with E-state index >= 15 is 0 Å². The zero-order chi connectivity index (χ0) is 27.0. The Balaban J connectivity index is 1.65. The molecule has 1 aromatic carbocycles. The summed E-state index contributed by atoms with van der Waals surface area (Å²) in [6.45, 7) is 6.07. The van der Waals surface area contributed by atoms with Crippen molar-refractivity contribution in [3.8, 4) is 0 Å². The van der Waals surface area contributed by atoms with Gasteiger partial charge in [0.2, 0.25) is 0 Å². The lowest BCUT2D eigenvalue weighted by Gasteiger charge is -2.44. The lowest BCUT2D eigenvalue weighted by molar-refractivity contribution is -0.143. The zero-order valence-corrected chi connectivity index (χ0v) is 22.5. The van der Waals surface area contributed by atoms with Crippen LogP contribution in [0.1, 0.15) is 62.1 Å². The van der Waals surface area contributed by atoms with Gasteiger partial charge in [0.1, 0.15) is 23.7 Å². The number of halogens is 2. The van der Waals surface area contributed by atoms with Crippen LogP contribution in [-0.2, 0) is 20.7 Å². The smallest absolute Gasteiger partial charge is 0.424 e. The van der Waals surface area contributed by atoms with Crippen molar-refractivity contribution in [1.29, 1.82) is 0 Å². The molecule has 1 aliphatic heterocycles. The molecule has 1 fully saturated rings. The predicted molar refractivity (Wildman–Crippen MR) is 135 cm³/mol. The number of aromatic nitrogens is 1. The number of rotatable bonds is 6. The van der Waals surface area contributed by atoms with Gasteiger partial charge in [0.15, 0.2) is 0 Å². The second-order valence-electron chi connectivity index (χ2n) is 10.3. The molecule has 198 valence electrons. The van der Waals surface area contributed by atoms with E-state index in [1.54, 1.807) is 12.1 Å². The van der Waals surface area contributed by atoms with E-state index in [1.165, 1.54) is 29.0 Å². The topological polar surface area (TPSA) is 106 Å². The number of imide groups is 3. The van der Waals surface area contributed by atoms with Gasteiger partial charge in [-0.15, -0.1) is 0 Å². The highest BCUT2D eigenvalue weighted by Gasteiger charge is 2.47. The summed E-state index contributed by atoms with van der Waals surface area (Å²) < 4.78 is 22.6. The Kier molecular flexibility index (Phi) is 7.87. The van der Waals surface area contributed by atoms with Crippen molar-refractivity contribution in [1.82, 2.24) is 9.47 Å². The van der Waals surface area contributed by atoms with Crippen molar-refractivity contribution in [2.24, 2.45) is 23.7 Å². The summed E-state index contributed by atoms with van der Waals surface area (Å²) >= 11 is 3.27. The zero-order valence-electron chi connectivity index (χ0n) is 20.9. The highest BCUT2D eigenvalue weighted by Crippen LogP contribution is 2.42. The van der Waals surface area contributed by atoms with Crippen LogP contribution in [0.3, 0.4) is 0 Å². The molecule has 1 N–H and O–H groups in total. The number of aliphatic carboxylic acids is 1. The quantitative estimate of drug-likeness (QED) is 0.458. The lowest BCUT2D eigenvalue weighted by atomic mass is 9.67. The van der Waals surface area contributed by atoms with Gasteiger partial charge in [-0.3, -0.25) is 14.4 Å². The third-order valence-corrected chi connectivity index (χ3v) is 8.18. The van der Waals surface area contributed by atoms with Crippen LogP contribution in [0.5, 0.6) is 0 Å². The second-order valence-corrected chi connectivity index (χ2v) is 11.2. The first kappa shape index (κ1) is 27.0. The van der Waals surface area contributed by atoms with Crippen LogP contribution in [0.15, 0.2) is 41.0 Å². The van der Waals surface area contributed by atoms with Crippen molar-refractivity contribution in [3.05, 3.63) is 58.1 Å². The van der Waals surface area contributed by atoms with Gasteiger partial charge in [0.05, 0.1) is 6.42 Å². The molecule has 0 radical (unpaired) electrons. The molecule has 8 nitrogen and oxygen atoms in total. The average Bonchev–Trinajstić information content (AvgIpc) is 3.30. The average molecular weight is 577 g/mol. The van der Waals surface area contributed by atoms with E-state index in [1.807, 2.05) is 20.8 Å². The number of benzene rings is 1. The summed E-state index contributed by atoms with van der Waals surface area (Å²) in [6.07, 6.45) is 1.06. The highest BCUT2D eigenvalue weighted by molar-refractivity contribution is 9.10. The Bertz CT molecular complexity index is 1230. The third kappa shape index (κ3) is 5.35. The van der Waals surface area contributed by atoms with E-state index in [2.05, 4.69) is 15.9 Å². The summed E-state index contributed by atoms with van der Waals surface area (Å²) in [7, 11) is 0. The van der Waals surface area contributed by atoms with Gasteiger partial charge in [0.25, 0.3) is 11.8 Å². The monoisotopic (exact) mass is 576 g/mol. The Morgan fingerprint density at radius 3 is 2.59 bits per heavy atom. The molecule has 0 bridgehead atoms. The number of carboxylic acids is 1. The number of carbonyl (C=O) groups is 4. The fourth-order valence-electron chi connectivity index (χ4n) is 5.64. The number of carboxylic acid groups (broad SMARTS) is 1. The Hall–Kier alpha value is -3.01. The van der Waals surface area contributed by atoms with Crippen molar-refractivity contribution in [2.45, 2.75) is 58.6 Å². The number of carbonyl (C=O) groups excluding carboxylic acids is 3. The molecule has 0 spiro atoms. The summed E-state index contributed by atoms with van der Waals surface area (Å²) in [6, 6.07) is 6.56. The van der Waals surface area contributed by atoms with Crippen molar-refractivity contribution >= 4 is 39.8 Å². The normalized spacial score (nSPS) is 25.8. The largest absolute Gasteiger partial charge is 0.481 e. The molecular weight excluding hydrogens is 547 g/mol. The van der Waals surface area contributed by atoms with Gasteiger partial charge in [-0.2, -0.15) is 4.90 Å². The van der Waals surface area contributed by atoms with Crippen LogP contribution in [-0.4, -0.2) is 44.6 Å². The standard InChI is InChI=1S/C27H30BrFN2O6/c1-14(2)18-9-6-15(3)19(11-16-7-8-17(28)12-20(16)29)24(18)37-27(36)31-25(34)21-5-4-10-30(21)22(26(31)35)13-23(32)33/h4-5,7-8,10,12,14-15,18-19,22,24H,6,9,11,13H2,1-3H3,(H,32,33). The van der Waals surface area contributed by atoms with Gasteiger partial charge in [-0.1, -0.05) is 42.8 Å². The molecule has 4 rings (SSSR count). The van der Waals surface area contributed by atoms with Crippen LogP contribution in [0.2, 0.25) is 0 Å². The third-order valence-electron chi connectivity index (χ3n) is 7.69. The molecule has 1 saturated carbocycles. The Labute approximate surface area is 222 Å². The number of amides is 3. The minimum atomic E-state index is -1.24. The minimum Gasteiger partial charge on any atom is -0.481 e. The van der Waals surface area contributed by atoms with Crippen LogP contribution in [0.25, 0.3) is 0 Å². The van der Waals surface area contributed by atoms with Crippen LogP contribution in [0, 0.1) is 29.5 Å². The number of hydrogen-bond donors (Lipinski definition) is 1. The summed E-state index contributed by atoms with van der Waals surface area (Å²) in [5, 5.41) is 9.32. The molecule has 0 saturated heterocycles. The SMILES string of the molecule is CC(C)C1CCC(C)C(Cc2ccc(Br)cc2F)C1OC(=O)N1C(=O)c2cccn2C(CC(=O)O)C1=O. The number of hydrogen-bond acceptors (Lipinski definition) is 5. The van der Waals surface area contributed by atoms with E-state index in [0.29, 0.717) is 21.4 Å². The lowest BCUT2D eigenvalue weighted by Crippen LogP contribution is -2.53. The maximum absolute atomic E-state index is 14.7. The maximum Gasteiger partial charge on any atom is 0.424 e. The highest BCUT2D eigenvalue weighted by atomic mass is 79.9. The van der Waals surface area contributed by atoms with Crippen LogP contribution in [0.4, 0.5) is 9.18 Å². The van der Waals surface area contributed by atoms with Gasteiger partial charge < -0.3 is 14.4 Å². The maximum atomic E-state index is 14.7. The molecule has 1 aromatic heterocycles. The molecule has 5 atom stereocenters. The van der Waals surface area contributed by atoms with Gasteiger partial charge in [0, 0.05) is 16.6 Å². The van der Waals surface area contributed by atoms with Gasteiger partial charge >= 0.3 is 12.1 Å². The molecule has 37 heavy (non-hydrogen) atoms. The second kappa shape index (κ2) is 10.8. The molecule has 2 aromatic rings. The summed E-state index contributed by atoms with van der Waals surface area (Å²) in [5.41, 5.74) is 0.531. The molecular formula is C27H30BrFN2O6. The van der Waals surface area contributed by atoms with Gasteiger partial charge in [-0.05, 0) is 66.8 Å². The number of nitrogens with zero attached hydrogens (tertiary/aromatic N) is 2. The Morgan fingerprint density at radius 2 is 1.95 bits per heavy atom. The first-order valence-corrected chi connectivity index (χ1v) is 13.2. The van der Waals surface area contributed by atoms with E-state index in [4.69, 9.17) is 4.74 Å². The minimum absolute atomic E-state index is 0.0358. The van der Waals surface area contributed by atoms with Crippen molar-refractivity contribution < 1.29 is 33.4 Å². The van der Waals surface area contributed by atoms with E-state index in [-0.39, 0.29) is 35.2 Å². The fourth-order valence-corrected chi connectivity index (χ4v) is 5.98. The summed E-state index contributed by atoms with van der Waals surface area (Å²) in [4.78, 5) is 51.6. The summed E-state index contributed by atoms with van der Waals surface area (Å²) in [5.74, 6) is -3.47. The van der Waals surface area contributed by atoms with Gasteiger partial charge in [-0.25, -0.2) is 9.18 Å². The van der Waals surface area contributed by atoms with Crippen molar-refractivity contribution in [2.75, 3.05) is 0 Å². The molecule has 2 aliphatic rings. The molecule has 5 unspecified atom stereocenters. The first-order chi connectivity index (χ1) is 17.5. The molecule has 10 heteroatoms. The van der Waals surface area contributed by atoms with E-state index in [9.17, 15) is 28.7 Å². The fraction of sp³-hybridized carbons (Fsp3) is 0.481. The molecule has 2 heterocycles. The van der Waals surface area contributed by atoms with Crippen molar-refractivity contribution in [3.63, 3.8) is 0 Å². The van der Waals surface area contributed by atoms with Crippen LogP contribution >= 0.6 is 15.9 Å². The van der Waals surface area contributed by atoms with E-state index in [0.717, 1.165) is 12.8 Å². The van der Waals surface area contributed by atoms with Crippen LogP contribution < -0.4 is 0 Å². The molecule has 3 amide bonds. The predicted octanol–water partition coefficient (Wildman–Crippen LogP) is 5.45. The number of fused-ring (bicyclic) bond motifs is 1. The molecule has 1 aliphatic carbocycles. The van der Waals surface area contributed by atoms with E-state index < -0.39 is 42.4 Å².